The van der Waals surface area contributed by atoms with Gasteiger partial charge in [-0.2, -0.15) is 0 Å². The standard InChI is InChI=1S/C10H17NO/c1-7-5-6-8(9(12)11-7)10(2,3)4/h8H,1,5-6H2,2-4H3,(H,11,12)/i8D/hD. The Morgan fingerprint density at radius 2 is 2.33 bits per heavy atom. The van der Waals surface area contributed by atoms with Crippen molar-refractivity contribution in [2.45, 2.75) is 33.6 Å². The maximum atomic E-state index is 11.8. The van der Waals surface area contributed by atoms with Gasteiger partial charge in [0.05, 0.1) is 0 Å². The van der Waals surface area contributed by atoms with E-state index in [9.17, 15) is 4.79 Å². The van der Waals surface area contributed by atoms with E-state index in [1.54, 1.807) is 0 Å². The van der Waals surface area contributed by atoms with E-state index in [1.807, 2.05) is 20.8 Å². The lowest BCUT2D eigenvalue weighted by Crippen LogP contribution is -2.41. The summed E-state index contributed by atoms with van der Waals surface area (Å²) in [4.78, 5) is 11.8. The maximum absolute atomic E-state index is 11.8. The molecule has 1 fully saturated rings. The van der Waals surface area contributed by atoms with Crippen molar-refractivity contribution >= 4 is 5.91 Å². The predicted molar refractivity (Wildman–Crippen MR) is 49.5 cm³/mol. The number of piperidine rings is 1. The van der Waals surface area contributed by atoms with Crippen molar-refractivity contribution in [2.75, 3.05) is 0 Å². The minimum absolute atomic E-state index is 0.440. The zero-order valence-corrected chi connectivity index (χ0v) is 7.98. The van der Waals surface area contributed by atoms with Crippen LogP contribution in [-0.2, 0) is 4.79 Å². The van der Waals surface area contributed by atoms with E-state index in [4.69, 9.17) is 2.78 Å². The van der Waals surface area contributed by atoms with Crippen LogP contribution in [0, 0.1) is 11.3 Å². The van der Waals surface area contributed by atoms with Gasteiger partial charge in [0.1, 0.15) is 0 Å². The lowest BCUT2D eigenvalue weighted by molar-refractivity contribution is -0.129. The van der Waals surface area contributed by atoms with Crippen LogP contribution in [-0.4, -0.2) is 5.91 Å². The Labute approximate surface area is 76.9 Å². The molecule has 12 heavy (non-hydrogen) atoms. The zero-order valence-electron chi connectivity index (χ0n) is 9.98. The minimum atomic E-state index is -1.18. The van der Waals surface area contributed by atoms with Crippen LogP contribution in [0.2, 0.25) is 1.41 Å². The van der Waals surface area contributed by atoms with Gasteiger partial charge in [0.25, 0.3) is 0 Å². The molecule has 0 aromatic heterocycles. The Morgan fingerprint density at radius 3 is 2.83 bits per heavy atom. The number of nitrogens with one attached hydrogen (secondary N) is 1. The molecule has 68 valence electrons. The third kappa shape index (κ3) is 1.87. The fourth-order valence-electron chi connectivity index (χ4n) is 1.34. The van der Waals surface area contributed by atoms with Gasteiger partial charge in [0.2, 0.25) is 5.91 Å². The lowest BCUT2D eigenvalue weighted by Gasteiger charge is -2.33. The number of amides is 1. The molecule has 1 unspecified atom stereocenters. The van der Waals surface area contributed by atoms with Gasteiger partial charge >= 0.3 is 0 Å². The molecule has 0 bridgehead atoms. The lowest BCUT2D eigenvalue weighted by atomic mass is 9.76. The van der Waals surface area contributed by atoms with E-state index >= 15 is 0 Å². The first-order valence-corrected chi connectivity index (χ1v) is 4.21. The topological polar surface area (TPSA) is 29.1 Å². The smallest absolute Gasteiger partial charge is 0.227 e. The average Bonchev–Trinajstić information content (AvgIpc) is 2.06. The molecule has 0 aliphatic carbocycles. The Bertz CT molecular complexity index is 282. The first kappa shape index (κ1) is 6.70. The molecule has 0 saturated carbocycles. The van der Waals surface area contributed by atoms with Crippen molar-refractivity contribution < 1.29 is 7.58 Å². The highest BCUT2D eigenvalue weighted by Crippen LogP contribution is 2.33. The molecule has 1 rings (SSSR count). The summed E-state index contributed by atoms with van der Waals surface area (Å²) >= 11 is 0. The van der Waals surface area contributed by atoms with Gasteiger partial charge in [-0.25, -0.2) is 0 Å². The molecule has 0 aromatic rings. The zero-order chi connectivity index (χ0) is 11.1. The van der Waals surface area contributed by atoms with E-state index in [-0.39, 0.29) is 0 Å². The van der Waals surface area contributed by atoms with E-state index in [2.05, 4.69) is 6.58 Å². The SMILES string of the molecule is [2H]N1C(=C)CCC([2H])(C(C)(C)C)C1=O. The van der Waals surface area contributed by atoms with Gasteiger partial charge in [0, 0.05) is 13.0 Å². The fraction of sp³-hybridized carbons (Fsp3) is 0.700. The van der Waals surface area contributed by atoms with E-state index < -0.39 is 17.2 Å². The number of carbonyl (C=O) groups excluding carboxylic acids is 1. The Balaban J connectivity index is 3.04. The Morgan fingerprint density at radius 1 is 1.75 bits per heavy atom. The van der Waals surface area contributed by atoms with E-state index in [1.165, 1.54) is 0 Å². The molecular weight excluding hydrogens is 150 g/mol. The Kier molecular flexibility index (Phi) is 1.63. The first-order valence-electron chi connectivity index (χ1n) is 5.16. The molecule has 1 amide bonds. The summed E-state index contributed by atoms with van der Waals surface area (Å²) in [5.41, 5.74) is 0.0477. The fourth-order valence-corrected chi connectivity index (χ4v) is 1.34. The second kappa shape index (κ2) is 2.92. The third-order valence-electron chi connectivity index (χ3n) is 2.09. The number of carbonyl (C=O) groups is 1. The molecule has 1 aliphatic rings. The van der Waals surface area contributed by atoms with Crippen LogP contribution in [0.15, 0.2) is 12.3 Å². The second-order valence-electron chi connectivity index (χ2n) is 4.21. The molecule has 1 aliphatic heterocycles. The summed E-state index contributed by atoms with van der Waals surface area (Å²) < 4.78 is 15.6. The summed E-state index contributed by atoms with van der Waals surface area (Å²) in [7, 11) is 0. The third-order valence-corrected chi connectivity index (χ3v) is 2.09. The van der Waals surface area contributed by atoms with Crippen molar-refractivity contribution in [1.29, 1.82) is 0 Å². The highest BCUT2D eigenvalue weighted by Gasteiger charge is 2.33. The highest BCUT2D eigenvalue weighted by atomic mass is 16.2. The van der Waals surface area contributed by atoms with Gasteiger partial charge in [-0.05, 0) is 18.3 Å². The van der Waals surface area contributed by atoms with Gasteiger partial charge in [-0.1, -0.05) is 27.4 Å². The molecule has 2 nitrogen and oxygen atoms in total. The van der Waals surface area contributed by atoms with Gasteiger partial charge in [0.15, 0.2) is 1.41 Å². The maximum Gasteiger partial charge on any atom is 0.227 e. The van der Waals surface area contributed by atoms with Gasteiger partial charge in [-0.3, -0.25) is 4.79 Å². The minimum Gasteiger partial charge on any atom is -0.330 e. The Hall–Kier alpha value is -0.790. The largest absolute Gasteiger partial charge is 0.330 e. The molecule has 0 spiro atoms. The van der Waals surface area contributed by atoms with Crippen molar-refractivity contribution in [3.05, 3.63) is 12.3 Å². The van der Waals surface area contributed by atoms with Crippen LogP contribution >= 0.6 is 0 Å². The van der Waals surface area contributed by atoms with Crippen molar-refractivity contribution in [2.24, 2.45) is 11.3 Å². The van der Waals surface area contributed by atoms with Crippen LogP contribution in [0.3, 0.4) is 0 Å². The molecule has 0 radical (unpaired) electrons. The van der Waals surface area contributed by atoms with Crippen molar-refractivity contribution in [3.8, 4) is 0 Å². The molecule has 1 saturated heterocycles. The van der Waals surface area contributed by atoms with Crippen molar-refractivity contribution in [3.63, 3.8) is 0 Å². The number of rotatable bonds is 0. The number of allylic oxidation sites excluding steroid dienone is 1. The second-order valence-corrected chi connectivity index (χ2v) is 4.21. The predicted octanol–water partition coefficient (Wildman–Crippen LogP) is 2.07. The summed E-state index contributed by atoms with van der Waals surface area (Å²) in [6.45, 7) is 9.21. The molecular formula is C10H17NO. The highest BCUT2D eigenvalue weighted by molar-refractivity contribution is 5.82. The van der Waals surface area contributed by atoms with Crippen LogP contribution in [0.25, 0.3) is 0 Å². The van der Waals surface area contributed by atoms with Crippen LogP contribution in [0.4, 0.5) is 0 Å². The van der Waals surface area contributed by atoms with Gasteiger partial charge in [-0.15, -0.1) is 0 Å². The monoisotopic (exact) mass is 169 g/mol. The summed E-state index contributed by atoms with van der Waals surface area (Å²) in [5, 5.41) is 0.780. The average molecular weight is 169 g/mol. The molecule has 1 heterocycles. The molecule has 0 aromatic carbocycles. The first-order chi connectivity index (χ1) is 6.20. The van der Waals surface area contributed by atoms with Crippen LogP contribution < -0.4 is 5.31 Å². The van der Waals surface area contributed by atoms with Crippen LogP contribution in [0.1, 0.15) is 35.0 Å². The molecule has 1 atom stereocenters. The van der Waals surface area contributed by atoms with E-state index in [0.717, 1.165) is 5.31 Å². The number of hydrogen-bond donors (Lipinski definition) is 1. The normalized spacial score (nSPS) is 34.8. The summed E-state index contributed by atoms with van der Waals surface area (Å²) in [6.07, 6.45) is 1.01. The molecule has 1 N–H and O–H groups in total. The van der Waals surface area contributed by atoms with Crippen LogP contribution in [0.5, 0.6) is 0 Å². The summed E-state index contributed by atoms with van der Waals surface area (Å²) in [5.74, 6) is -1.64. The van der Waals surface area contributed by atoms with Crippen molar-refractivity contribution in [1.82, 2.24) is 5.31 Å². The quantitative estimate of drug-likeness (QED) is 0.591. The molecule has 2 heteroatoms. The summed E-state index contributed by atoms with van der Waals surface area (Å²) in [6, 6.07) is 0. The number of hydrogen-bond acceptors (Lipinski definition) is 1. The van der Waals surface area contributed by atoms with Gasteiger partial charge < -0.3 is 5.31 Å². The van der Waals surface area contributed by atoms with E-state index in [0.29, 0.717) is 18.5 Å².